The van der Waals surface area contributed by atoms with Crippen LogP contribution in [0.3, 0.4) is 0 Å². The number of carbonyl (C=O) groups excluding carboxylic acids is 1. The van der Waals surface area contributed by atoms with Crippen molar-refractivity contribution in [3.05, 3.63) is 0 Å². The number of rotatable bonds is 3. The molecule has 0 bridgehead atoms. The van der Waals surface area contributed by atoms with Crippen molar-refractivity contribution in [2.45, 2.75) is 33.6 Å². The largest absolute Gasteiger partial charge is 0.381 e. The zero-order valence-corrected chi connectivity index (χ0v) is 11.9. The molecule has 1 fully saturated rings. The molecule has 1 heterocycles. The summed E-state index contributed by atoms with van der Waals surface area (Å²) in [5.74, 6) is 0.0909. The zero-order chi connectivity index (χ0) is 12.2. The molecule has 1 aliphatic rings. The maximum Gasteiger partial charge on any atom is 0.227 e. The molecule has 1 saturated heterocycles. The first kappa shape index (κ1) is 16.7. The summed E-state index contributed by atoms with van der Waals surface area (Å²) in [6.07, 6.45) is 1.47. The minimum Gasteiger partial charge on any atom is -0.381 e. The lowest BCUT2D eigenvalue weighted by atomic mass is 9.79. The minimum absolute atomic E-state index is 0. The van der Waals surface area contributed by atoms with Crippen LogP contribution in [0.4, 0.5) is 0 Å². The van der Waals surface area contributed by atoms with Crippen LogP contribution < -0.4 is 11.1 Å². The molecule has 5 heteroatoms. The number of hydrogen-bond acceptors (Lipinski definition) is 3. The number of amides is 1. The zero-order valence-electron chi connectivity index (χ0n) is 11.0. The molecule has 0 atom stereocenters. The van der Waals surface area contributed by atoms with Crippen molar-refractivity contribution in [2.24, 2.45) is 16.6 Å². The summed E-state index contributed by atoms with van der Waals surface area (Å²) in [5.41, 5.74) is 5.47. The maximum atomic E-state index is 12.2. The molecule has 0 radical (unpaired) electrons. The van der Waals surface area contributed by atoms with Crippen molar-refractivity contribution in [1.82, 2.24) is 5.32 Å². The van der Waals surface area contributed by atoms with Crippen molar-refractivity contribution < 1.29 is 9.53 Å². The number of nitrogens with two attached hydrogens (primary N) is 1. The highest BCUT2D eigenvalue weighted by atomic mass is 35.5. The van der Waals surface area contributed by atoms with Gasteiger partial charge in [0.2, 0.25) is 5.91 Å². The molecular weight excluding hydrogens is 240 g/mol. The average Bonchev–Trinajstić information content (AvgIpc) is 2.25. The van der Waals surface area contributed by atoms with E-state index in [-0.39, 0.29) is 23.7 Å². The van der Waals surface area contributed by atoms with Gasteiger partial charge < -0.3 is 15.8 Å². The second-order valence-electron chi connectivity index (χ2n) is 5.84. The summed E-state index contributed by atoms with van der Waals surface area (Å²) in [6.45, 7) is 8.69. The highest BCUT2D eigenvalue weighted by Gasteiger charge is 2.38. The monoisotopic (exact) mass is 264 g/mol. The van der Waals surface area contributed by atoms with Crippen LogP contribution in [0.1, 0.15) is 33.6 Å². The quantitative estimate of drug-likeness (QED) is 0.808. The predicted octanol–water partition coefficient (Wildman–Crippen LogP) is 1.33. The third-order valence-corrected chi connectivity index (χ3v) is 3.10. The molecule has 1 rings (SSSR count). The molecule has 4 nitrogen and oxygen atoms in total. The van der Waals surface area contributed by atoms with Gasteiger partial charge in [0.15, 0.2) is 0 Å². The number of halogens is 1. The Bertz CT molecular complexity index is 245. The van der Waals surface area contributed by atoms with E-state index < -0.39 is 5.41 Å². The van der Waals surface area contributed by atoms with E-state index in [9.17, 15) is 4.79 Å². The van der Waals surface area contributed by atoms with E-state index in [1.165, 1.54) is 0 Å². The highest BCUT2D eigenvalue weighted by molar-refractivity contribution is 5.85. The van der Waals surface area contributed by atoms with E-state index in [2.05, 4.69) is 26.1 Å². The van der Waals surface area contributed by atoms with Crippen LogP contribution >= 0.6 is 12.4 Å². The minimum atomic E-state index is -0.399. The number of carbonyl (C=O) groups is 1. The van der Waals surface area contributed by atoms with E-state index >= 15 is 0 Å². The Balaban J connectivity index is 0.00000256. The van der Waals surface area contributed by atoms with Crippen molar-refractivity contribution in [1.29, 1.82) is 0 Å². The van der Waals surface area contributed by atoms with Crippen LogP contribution in [0.25, 0.3) is 0 Å². The molecule has 1 amide bonds. The van der Waals surface area contributed by atoms with Crippen LogP contribution in [0, 0.1) is 10.8 Å². The Morgan fingerprint density at radius 2 is 1.88 bits per heavy atom. The topological polar surface area (TPSA) is 64.4 Å². The van der Waals surface area contributed by atoms with Crippen molar-refractivity contribution in [3.8, 4) is 0 Å². The van der Waals surface area contributed by atoms with Gasteiger partial charge in [-0.1, -0.05) is 20.8 Å². The smallest absolute Gasteiger partial charge is 0.227 e. The van der Waals surface area contributed by atoms with Gasteiger partial charge >= 0.3 is 0 Å². The standard InChI is InChI=1S/C12H24N2O2.ClH/c1-11(2,3)9-14-10(15)12(8-13)4-6-16-7-5-12;/h4-9,13H2,1-3H3,(H,14,15);1H. The van der Waals surface area contributed by atoms with Crippen molar-refractivity contribution in [3.63, 3.8) is 0 Å². The van der Waals surface area contributed by atoms with Gasteiger partial charge in [0.05, 0.1) is 5.41 Å². The Labute approximate surface area is 110 Å². The molecule has 0 aromatic heterocycles. The predicted molar refractivity (Wildman–Crippen MR) is 71.3 cm³/mol. The Morgan fingerprint density at radius 1 is 1.35 bits per heavy atom. The molecule has 17 heavy (non-hydrogen) atoms. The number of ether oxygens (including phenoxy) is 1. The van der Waals surface area contributed by atoms with Gasteiger partial charge in [-0.05, 0) is 18.3 Å². The summed E-state index contributed by atoms with van der Waals surface area (Å²) >= 11 is 0. The fourth-order valence-electron chi connectivity index (χ4n) is 1.82. The van der Waals surface area contributed by atoms with Gasteiger partial charge in [-0.2, -0.15) is 0 Å². The van der Waals surface area contributed by atoms with Gasteiger partial charge in [-0.3, -0.25) is 4.79 Å². The van der Waals surface area contributed by atoms with Gasteiger partial charge in [0.25, 0.3) is 0 Å². The Morgan fingerprint density at radius 3 is 2.29 bits per heavy atom. The van der Waals surface area contributed by atoms with Gasteiger partial charge in [0, 0.05) is 26.3 Å². The third-order valence-electron chi connectivity index (χ3n) is 3.10. The third kappa shape index (κ3) is 4.82. The molecule has 0 aliphatic carbocycles. The van der Waals surface area contributed by atoms with Gasteiger partial charge in [-0.15, -0.1) is 12.4 Å². The van der Waals surface area contributed by atoms with Crippen LogP contribution in [0.15, 0.2) is 0 Å². The summed E-state index contributed by atoms with van der Waals surface area (Å²) in [5, 5.41) is 3.01. The first-order chi connectivity index (χ1) is 7.40. The van der Waals surface area contributed by atoms with Crippen LogP contribution in [0.2, 0.25) is 0 Å². The number of nitrogens with one attached hydrogen (secondary N) is 1. The first-order valence-electron chi connectivity index (χ1n) is 5.96. The SMILES string of the molecule is CC(C)(C)CNC(=O)C1(CN)CCOCC1.Cl. The number of hydrogen-bond donors (Lipinski definition) is 2. The molecule has 102 valence electrons. The van der Waals surface area contributed by atoms with Gasteiger partial charge in [0.1, 0.15) is 0 Å². The lowest BCUT2D eigenvalue weighted by Gasteiger charge is -2.35. The first-order valence-corrected chi connectivity index (χ1v) is 5.96. The second kappa shape index (κ2) is 6.57. The average molecular weight is 265 g/mol. The second-order valence-corrected chi connectivity index (χ2v) is 5.84. The summed E-state index contributed by atoms with van der Waals surface area (Å²) in [6, 6.07) is 0. The van der Waals surface area contributed by atoms with Crippen LogP contribution in [-0.2, 0) is 9.53 Å². The Kier molecular flexibility index (Phi) is 6.45. The summed E-state index contributed by atoms with van der Waals surface area (Å²) < 4.78 is 5.29. The lowest BCUT2D eigenvalue weighted by molar-refractivity contribution is -0.136. The lowest BCUT2D eigenvalue weighted by Crippen LogP contribution is -2.50. The van der Waals surface area contributed by atoms with E-state index in [4.69, 9.17) is 10.5 Å². The van der Waals surface area contributed by atoms with E-state index in [0.29, 0.717) is 26.3 Å². The summed E-state index contributed by atoms with van der Waals surface area (Å²) in [7, 11) is 0. The van der Waals surface area contributed by atoms with E-state index in [0.717, 1.165) is 12.8 Å². The van der Waals surface area contributed by atoms with Gasteiger partial charge in [-0.25, -0.2) is 0 Å². The normalized spacial score (nSPS) is 19.3. The highest BCUT2D eigenvalue weighted by Crippen LogP contribution is 2.29. The fourth-order valence-corrected chi connectivity index (χ4v) is 1.82. The Hall–Kier alpha value is -0.320. The molecular formula is C12H25ClN2O2. The molecule has 1 aliphatic heterocycles. The van der Waals surface area contributed by atoms with E-state index in [1.54, 1.807) is 0 Å². The van der Waals surface area contributed by atoms with Crippen LogP contribution in [-0.4, -0.2) is 32.2 Å². The fraction of sp³-hybridized carbons (Fsp3) is 0.917. The van der Waals surface area contributed by atoms with Crippen molar-refractivity contribution in [2.75, 3.05) is 26.3 Å². The molecule has 3 N–H and O–H groups in total. The molecule has 0 saturated carbocycles. The molecule has 0 aromatic rings. The molecule has 0 spiro atoms. The van der Waals surface area contributed by atoms with E-state index in [1.807, 2.05) is 0 Å². The molecule has 0 unspecified atom stereocenters. The van der Waals surface area contributed by atoms with Crippen molar-refractivity contribution >= 4 is 18.3 Å². The summed E-state index contributed by atoms with van der Waals surface area (Å²) in [4.78, 5) is 12.2. The van der Waals surface area contributed by atoms with Crippen LogP contribution in [0.5, 0.6) is 0 Å². The maximum absolute atomic E-state index is 12.2. The molecule has 0 aromatic carbocycles.